The van der Waals surface area contributed by atoms with Crippen LogP contribution in [0.1, 0.15) is 19.8 Å². The second kappa shape index (κ2) is 27.8. The van der Waals surface area contributed by atoms with Crippen LogP contribution in [0, 0.1) is 0 Å². The first-order chi connectivity index (χ1) is 16.1. The molecule has 0 saturated heterocycles. The van der Waals surface area contributed by atoms with Crippen LogP contribution in [0.3, 0.4) is 0 Å². The molecule has 0 aliphatic carbocycles. The first-order valence-electron chi connectivity index (χ1n) is 10.9. The van der Waals surface area contributed by atoms with Crippen LogP contribution in [-0.4, -0.2) is 27.5 Å². The highest BCUT2D eigenvalue weighted by molar-refractivity contribution is 7.47. The van der Waals surface area contributed by atoms with Gasteiger partial charge in [0.15, 0.2) is 0 Å². The summed E-state index contributed by atoms with van der Waals surface area (Å²) in [4.78, 5) is 0. The summed E-state index contributed by atoms with van der Waals surface area (Å²) in [7, 11) is 8.53. The van der Waals surface area contributed by atoms with Gasteiger partial charge in [-0.2, -0.15) is 0 Å². The summed E-state index contributed by atoms with van der Waals surface area (Å²) in [6.45, 7) is 9.31. The molecule has 3 aromatic carbocycles. The van der Waals surface area contributed by atoms with Crippen molar-refractivity contribution >= 4 is 28.4 Å². The van der Waals surface area contributed by atoms with Gasteiger partial charge < -0.3 is 9.47 Å². The number of benzene rings is 3. The summed E-state index contributed by atoms with van der Waals surface area (Å²) in [5.74, 6) is 0.910. The van der Waals surface area contributed by atoms with Crippen molar-refractivity contribution in [2.75, 3.05) is 27.5 Å². The van der Waals surface area contributed by atoms with Gasteiger partial charge in [-0.05, 0) is 41.7 Å². The van der Waals surface area contributed by atoms with Crippen molar-refractivity contribution in [2.24, 2.45) is 0 Å². The molecule has 180 valence electrons. The Morgan fingerprint density at radius 2 is 1.12 bits per heavy atom. The predicted molar refractivity (Wildman–Crippen MR) is 156 cm³/mol. The van der Waals surface area contributed by atoms with E-state index < -0.39 is 0 Å². The molecule has 3 rings (SSSR count). The monoisotopic (exact) mass is 484 g/mol. The predicted octanol–water partition coefficient (Wildman–Crippen LogP) is 7.29. The van der Waals surface area contributed by atoms with Crippen LogP contribution in [-0.2, 0) is 4.74 Å². The van der Waals surface area contributed by atoms with E-state index in [1.165, 1.54) is 16.8 Å². The highest BCUT2D eigenvalue weighted by atomic mass is 31.1. The van der Waals surface area contributed by atoms with Gasteiger partial charge in [0, 0.05) is 14.2 Å². The number of hydrogen-bond acceptors (Lipinski definition) is 2. The third-order valence-electron chi connectivity index (χ3n) is 3.51. The van der Waals surface area contributed by atoms with E-state index in [0.29, 0.717) is 0 Å². The molecule has 0 saturated carbocycles. The second-order valence-corrected chi connectivity index (χ2v) is 8.69. The fraction of sp³-hybridized carbons (Fsp3) is 0.241. The van der Waals surface area contributed by atoms with E-state index >= 15 is 0 Å². The van der Waals surface area contributed by atoms with Crippen molar-refractivity contribution < 1.29 is 9.47 Å². The lowest BCUT2D eigenvalue weighted by atomic mass is 10.3. The Morgan fingerprint density at radius 1 is 0.727 bits per heavy atom. The van der Waals surface area contributed by atoms with E-state index in [2.05, 4.69) is 64.4 Å². The van der Waals surface area contributed by atoms with Crippen molar-refractivity contribution in [1.82, 2.24) is 0 Å². The summed E-state index contributed by atoms with van der Waals surface area (Å²) >= 11 is 0. The first kappa shape index (κ1) is 32.9. The normalized spacial score (nSPS) is 8.76. The zero-order chi connectivity index (χ0) is 25.0. The third kappa shape index (κ3) is 25.9. The molecule has 33 heavy (non-hydrogen) atoms. The van der Waals surface area contributed by atoms with Crippen molar-refractivity contribution in [3.8, 4) is 5.75 Å². The van der Waals surface area contributed by atoms with E-state index in [0.717, 1.165) is 27.2 Å². The largest absolute Gasteiger partial charge is 0.497 e. The second-order valence-electron chi connectivity index (χ2n) is 6.39. The first-order valence-corrected chi connectivity index (χ1v) is 12.7. The zero-order valence-electron chi connectivity index (χ0n) is 20.7. The van der Waals surface area contributed by atoms with Gasteiger partial charge in [-0.15, -0.1) is 22.4 Å². The molecular formula is C29H42O2P2. The number of ether oxygens (including phenoxy) is 2. The fourth-order valence-electron chi connectivity index (χ4n) is 2.01. The lowest BCUT2D eigenvalue weighted by molar-refractivity contribution is 0.277. The van der Waals surface area contributed by atoms with Gasteiger partial charge in [0.1, 0.15) is 5.75 Å². The van der Waals surface area contributed by atoms with Crippen LogP contribution in [0.2, 0.25) is 0 Å². The average molecular weight is 485 g/mol. The van der Waals surface area contributed by atoms with Crippen LogP contribution in [0.4, 0.5) is 0 Å². The number of methoxy groups -OCH3 is 2. The lowest BCUT2D eigenvalue weighted by Crippen LogP contribution is -1.90. The SMILES string of the molecule is C=CCCC=C.CCPc1ccccc1.COC.COc1ccccc1.Pc1ccccc1. The van der Waals surface area contributed by atoms with E-state index in [4.69, 9.17) is 4.74 Å². The molecular weight excluding hydrogens is 442 g/mol. The molecule has 0 aromatic heterocycles. The molecule has 0 bridgehead atoms. The van der Waals surface area contributed by atoms with Crippen molar-refractivity contribution in [2.45, 2.75) is 19.8 Å². The maximum Gasteiger partial charge on any atom is 0.118 e. The van der Waals surface area contributed by atoms with Crippen LogP contribution in [0.15, 0.2) is 116 Å². The Labute approximate surface area is 207 Å². The molecule has 0 N–H and O–H groups in total. The van der Waals surface area contributed by atoms with Gasteiger partial charge in [-0.25, -0.2) is 0 Å². The van der Waals surface area contributed by atoms with E-state index in [9.17, 15) is 0 Å². The number of para-hydroxylation sites is 1. The highest BCUT2D eigenvalue weighted by Gasteiger charge is 1.84. The van der Waals surface area contributed by atoms with E-state index in [-0.39, 0.29) is 0 Å². The van der Waals surface area contributed by atoms with Gasteiger partial charge in [0.2, 0.25) is 0 Å². The number of rotatable bonds is 6. The third-order valence-corrected chi connectivity index (χ3v) is 4.99. The molecule has 0 aliphatic heterocycles. The van der Waals surface area contributed by atoms with Gasteiger partial charge in [-0.1, -0.05) is 107 Å². The quantitative estimate of drug-likeness (QED) is 0.208. The minimum Gasteiger partial charge on any atom is -0.497 e. The van der Waals surface area contributed by atoms with Crippen LogP contribution in [0.25, 0.3) is 0 Å². The molecule has 0 heterocycles. The molecule has 0 amide bonds. The number of unbranched alkanes of at least 4 members (excludes halogenated alkanes) is 1. The molecule has 2 atom stereocenters. The fourth-order valence-corrected chi connectivity index (χ4v) is 3.06. The lowest BCUT2D eigenvalue weighted by Gasteiger charge is -1.94. The molecule has 4 heteroatoms. The van der Waals surface area contributed by atoms with E-state index in [1.54, 1.807) is 21.3 Å². The molecule has 2 nitrogen and oxygen atoms in total. The Kier molecular flexibility index (Phi) is 27.7. The minimum atomic E-state index is 0.910. The summed E-state index contributed by atoms with van der Waals surface area (Å²) in [5, 5.41) is 2.71. The topological polar surface area (TPSA) is 18.5 Å². The molecule has 0 radical (unpaired) electrons. The number of allylic oxidation sites excluding steroid dienone is 2. The Bertz CT molecular complexity index is 755. The van der Waals surface area contributed by atoms with Gasteiger partial charge in [-0.3, -0.25) is 0 Å². The molecule has 2 unspecified atom stereocenters. The van der Waals surface area contributed by atoms with Gasteiger partial charge in [0.05, 0.1) is 7.11 Å². The smallest absolute Gasteiger partial charge is 0.118 e. The maximum absolute atomic E-state index is 4.91. The summed E-state index contributed by atoms with van der Waals surface area (Å²) in [6, 6.07) is 30.4. The number of hydrogen-bond donors (Lipinski definition) is 0. The zero-order valence-corrected chi connectivity index (χ0v) is 22.9. The summed E-state index contributed by atoms with van der Waals surface area (Å²) < 4.78 is 9.16. The minimum absolute atomic E-state index is 0.910. The van der Waals surface area contributed by atoms with Crippen LogP contribution in [0.5, 0.6) is 5.75 Å². The highest BCUT2D eigenvalue weighted by Crippen LogP contribution is 2.07. The maximum atomic E-state index is 4.91. The Hall–Kier alpha value is -2.24. The van der Waals surface area contributed by atoms with Crippen LogP contribution >= 0.6 is 17.8 Å². The average Bonchev–Trinajstić information content (AvgIpc) is 2.86. The standard InChI is InChI=1S/C8H11P.C7H8O.C6H7P.C6H10.C2H6O/c1-2-9-8-6-4-3-5-7-8;1-8-7-5-3-2-4-6-7;7-6-4-2-1-3-5-6;1-3-5-6-4-2;1-3-2/h3-7,9H,2H2,1H3;2-6H,1H3;1-5H,7H2;3-4H,1-2,5-6H2;1-2H3. The van der Waals surface area contributed by atoms with Gasteiger partial charge >= 0.3 is 0 Å². The van der Waals surface area contributed by atoms with Crippen LogP contribution < -0.4 is 15.3 Å². The molecule has 0 fully saturated rings. The van der Waals surface area contributed by atoms with Crippen molar-refractivity contribution in [3.63, 3.8) is 0 Å². The van der Waals surface area contributed by atoms with E-state index in [1.807, 2.05) is 72.8 Å². The van der Waals surface area contributed by atoms with Crippen molar-refractivity contribution in [1.29, 1.82) is 0 Å². The molecule has 3 aromatic rings. The summed E-state index contributed by atoms with van der Waals surface area (Å²) in [5.41, 5.74) is 0. The Balaban J connectivity index is 0. The van der Waals surface area contributed by atoms with Gasteiger partial charge in [0.25, 0.3) is 0 Å². The molecule has 0 spiro atoms. The Morgan fingerprint density at radius 3 is 1.39 bits per heavy atom. The van der Waals surface area contributed by atoms with Crippen molar-refractivity contribution in [3.05, 3.63) is 116 Å². The molecule has 0 aliphatic rings. The summed E-state index contributed by atoms with van der Waals surface area (Å²) in [6.07, 6.45) is 7.17.